The van der Waals surface area contributed by atoms with E-state index in [-0.39, 0.29) is 23.1 Å². The number of aliphatic hydroxyl groups excluding tert-OH is 1. The Hall–Kier alpha value is -2.59. The van der Waals surface area contributed by atoms with Crippen LogP contribution in [0.4, 0.5) is 0 Å². The number of nitrogens with zero attached hydrogens (tertiary/aromatic N) is 1. The largest absolute Gasteiger partial charge is 0.511 e. The SMILES string of the molecule is C=C(O)C1NC2=C(CC)/C(=C\C(C)CC)C(C)(C)c3c2c(cc2ncccc32)C1CCOC. The Morgan fingerprint density at radius 1 is 1.36 bits per heavy atom. The molecule has 2 aliphatic rings. The van der Waals surface area contributed by atoms with Gasteiger partial charge < -0.3 is 15.2 Å². The van der Waals surface area contributed by atoms with E-state index in [1.807, 2.05) is 12.3 Å². The molecule has 0 radical (unpaired) electrons. The summed E-state index contributed by atoms with van der Waals surface area (Å²) >= 11 is 0. The lowest BCUT2D eigenvalue weighted by atomic mass is 9.62. The Morgan fingerprint density at radius 2 is 2.12 bits per heavy atom. The molecule has 4 nitrogen and oxygen atoms in total. The second-order valence-corrected chi connectivity index (χ2v) is 10.1. The van der Waals surface area contributed by atoms with Crippen LogP contribution in [0.25, 0.3) is 16.6 Å². The molecule has 2 heterocycles. The maximum atomic E-state index is 10.6. The minimum Gasteiger partial charge on any atom is -0.511 e. The van der Waals surface area contributed by atoms with Gasteiger partial charge in [-0.15, -0.1) is 0 Å². The molecule has 3 unspecified atom stereocenters. The van der Waals surface area contributed by atoms with Gasteiger partial charge in [0.05, 0.1) is 11.6 Å². The van der Waals surface area contributed by atoms with Crippen molar-refractivity contribution in [2.24, 2.45) is 5.92 Å². The lowest BCUT2D eigenvalue weighted by Gasteiger charge is -2.46. The monoisotopic (exact) mass is 446 g/mol. The van der Waals surface area contributed by atoms with Crippen LogP contribution < -0.4 is 5.32 Å². The molecule has 0 spiro atoms. The lowest BCUT2D eigenvalue weighted by Crippen LogP contribution is -2.44. The van der Waals surface area contributed by atoms with Crippen LogP contribution in [0.3, 0.4) is 0 Å². The van der Waals surface area contributed by atoms with Crippen molar-refractivity contribution in [3.8, 4) is 0 Å². The zero-order valence-corrected chi connectivity index (χ0v) is 21.0. The maximum Gasteiger partial charge on any atom is 0.108 e. The third-order valence-corrected chi connectivity index (χ3v) is 7.66. The molecule has 1 aliphatic heterocycles. The van der Waals surface area contributed by atoms with Gasteiger partial charge in [0.15, 0.2) is 0 Å². The molecule has 0 saturated carbocycles. The molecule has 0 fully saturated rings. The van der Waals surface area contributed by atoms with Crippen molar-refractivity contribution in [1.29, 1.82) is 0 Å². The number of allylic oxidation sites excluding steroid dienone is 3. The zero-order valence-electron chi connectivity index (χ0n) is 21.0. The van der Waals surface area contributed by atoms with E-state index >= 15 is 0 Å². The molecule has 2 N–H and O–H groups in total. The van der Waals surface area contributed by atoms with Gasteiger partial charge in [-0.25, -0.2) is 0 Å². The fourth-order valence-electron chi connectivity index (χ4n) is 5.81. The predicted octanol–water partition coefficient (Wildman–Crippen LogP) is 6.78. The first-order valence-corrected chi connectivity index (χ1v) is 12.3. The van der Waals surface area contributed by atoms with E-state index in [1.54, 1.807) is 7.11 Å². The lowest BCUT2D eigenvalue weighted by molar-refractivity contribution is 0.179. The number of hydrogen-bond acceptors (Lipinski definition) is 4. The van der Waals surface area contributed by atoms with Crippen molar-refractivity contribution in [3.05, 3.63) is 70.6 Å². The molecule has 176 valence electrons. The minimum absolute atomic E-state index is 0.0559. The molecule has 1 aromatic carbocycles. The molecular formula is C29H38N2O2. The van der Waals surface area contributed by atoms with E-state index in [0.29, 0.717) is 12.5 Å². The Labute approximate surface area is 198 Å². The summed E-state index contributed by atoms with van der Waals surface area (Å²) in [5, 5.41) is 15.6. The molecule has 0 bridgehead atoms. The van der Waals surface area contributed by atoms with Crippen LogP contribution in [0.15, 0.2) is 54.0 Å². The van der Waals surface area contributed by atoms with E-state index in [4.69, 9.17) is 9.72 Å². The predicted molar refractivity (Wildman–Crippen MR) is 137 cm³/mol. The third kappa shape index (κ3) is 3.78. The van der Waals surface area contributed by atoms with E-state index in [0.717, 1.165) is 30.5 Å². The number of hydrogen-bond donors (Lipinski definition) is 2. The smallest absolute Gasteiger partial charge is 0.108 e. The van der Waals surface area contributed by atoms with Crippen molar-refractivity contribution in [3.63, 3.8) is 0 Å². The van der Waals surface area contributed by atoms with Crippen LogP contribution in [0.5, 0.6) is 0 Å². The number of fused-ring (bicyclic) bond motifs is 2. The molecule has 3 atom stereocenters. The summed E-state index contributed by atoms with van der Waals surface area (Å²) in [6.07, 6.45) is 7.15. The molecule has 2 aromatic rings. The first kappa shape index (κ1) is 23.6. The summed E-state index contributed by atoms with van der Waals surface area (Å²) < 4.78 is 5.45. The summed E-state index contributed by atoms with van der Waals surface area (Å²) in [5.74, 6) is 0.710. The Kier molecular flexibility index (Phi) is 6.41. The van der Waals surface area contributed by atoms with Gasteiger partial charge in [0.25, 0.3) is 0 Å². The average Bonchev–Trinajstić information content (AvgIpc) is 2.80. The zero-order chi connectivity index (χ0) is 23.9. The van der Waals surface area contributed by atoms with E-state index in [2.05, 4.69) is 64.7 Å². The van der Waals surface area contributed by atoms with Crippen molar-refractivity contribution >= 4 is 16.6 Å². The Balaban J connectivity index is 2.14. The molecule has 4 heteroatoms. The quantitative estimate of drug-likeness (QED) is 0.460. The molecule has 33 heavy (non-hydrogen) atoms. The molecule has 1 aromatic heterocycles. The summed E-state index contributed by atoms with van der Waals surface area (Å²) in [6, 6.07) is 6.22. The number of benzene rings is 1. The molecular weight excluding hydrogens is 408 g/mol. The molecule has 1 aliphatic carbocycles. The van der Waals surface area contributed by atoms with Gasteiger partial charge in [-0.05, 0) is 53.2 Å². The van der Waals surface area contributed by atoms with Gasteiger partial charge in [-0.3, -0.25) is 4.98 Å². The van der Waals surface area contributed by atoms with Gasteiger partial charge in [0, 0.05) is 47.9 Å². The first-order chi connectivity index (χ1) is 15.8. The van der Waals surface area contributed by atoms with Crippen LogP contribution in [0.2, 0.25) is 0 Å². The fourth-order valence-corrected chi connectivity index (χ4v) is 5.81. The second kappa shape index (κ2) is 8.98. The number of ether oxygens (including phenoxy) is 1. The van der Waals surface area contributed by atoms with E-state index in [1.165, 1.54) is 33.2 Å². The average molecular weight is 447 g/mol. The van der Waals surface area contributed by atoms with Gasteiger partial charge in [-0.2, -0.15) is 0 Å². The summed E-state index contributed by atoms with van der Waals surface area (Å²) in [7, 11) is 1.73. The van der Waals surface area contributed by atoms with Crippen molar-refractivity contribution in [2.75, 3.05) is 13.7 Å². The number of aliphatic hydroxyl groups is 1. The fraction of sp³-hybridized carbons (Fsp3) is 0.483. The second-order valence-electron chi connectivity index (χ2n) is 10.1. The highest BCUT2D eigenvalue weighted by molar-refractivity contribution is 5.95. The number of aromatic nitrogens is 1. The number of nitrogens with one attached hydrogen (secondary N) is 1. The van der Waals surface area contributed by atoms with Crippen LogP contribution in [-0.2, 0) is 10.2 Å². The number of pyridine rings is 1. The maximum absolute atomic E-state index is 10.6. The summed E-state index contributed by atoms with van der Waals surface area (Å²) in [6.45, 7) is 16.0. The van der Waals surface area contributed by atoms with E-state index < -0.39 is 0 Å². The third-order valence-electron chi connectivity index (χ3n) is 7.66. The first-order valence-electron chi connectivity index (χ1n) is 12.3. The molecule has 0 amide bonds. The summed E-state index contributed by atoms with van der Waals surface area (Å²) in [5.41, 5.74) is 8.58. The highest BCUT2D eigenvalue weighted by Crippen LogP contribution is 2.54. The Bertz CT molecular complexity index is 1140. The van der Waals surface area contributed by atoms with Crippen molar-refractivity contribution < 1.29 is 9.84 Å². The van der Waals surface area contributed by atoms with Gasteiger partial charge in [-0.1, -0.05) is 59.8 Å². The van der Waals surface area contributed by atoms with Crippen LogP contribution >= 0.6 is 0 Å². The standard InChI is InChI=1S/C29H38N2O2/c1-8-17(3)15-23-19(9-2)28-25-22(20(12-14-33-7)27(31-28)18(4)32)16-24-21(11-10-13-30-24)26(25)29(23,5)6/h10-11,13,15-17,20,27,31-32H,4,8-9,12,14H2,1-3,5-7H3/b23-15+. The van der Waals surface area contributed by atoms with Gasteiger partial charge in [0.2, 0.25) is 0 Å². The molecule has 0 saturated heterocycles. The van der Waals surface area contributed by atoms with Crippen LogP contribution in [-0.4, -0.2) is 29.8 Å². The van der Waals surface area contributed by atoms with Crippen LogP contribution in [0.1, 0.15) is 76.5 Å². The minimum atomic E-state index is -0.260. The molecule has 4 rings (SSSR count). The van der Waals surface area contributed by atoms with Gasteiger partial charge >= 0.3 is 0 Å². The van der Waals surface area contributed by atoms with Crippen molar-refractivity contribution in [2.45, 2.75) is 71.3 Å². The van der Waals surface area contributed by atoms with E-state index in [9.17, 15) is 5.11 Å². The Morgan fingerprint density at radius 3 is 2.76 bits per heavy atom. The topological polar surface area (TPSA) is 54.4 Å². The van der Waals surface area contributed by atoms with Crippen molar-refractivity contribution in [1.82, 2.24) is 10.3 Å². The number of methoxy groups -OCH3 is 1. The highest BCUT2D eigenvalue weighted by atomic mass is 16.5. The normalized spacial score (nSPS) is 23.4. The summed E-state index contributed by atoms with van der Waals surface area (Å²) in [4.78, 5) is 4.77. The highest BCUT2D eigenvalue weighted by Gasteiger charge is 2.44. The van der Waals surface area contributed by atoms with Crippen LogP contribution in [0, 0.1) is 5.92 Å². The number of rotatable bonds is 7. The van der Waals surface area contributed by atoms with Gasteiger partial charge in [0.1, 0.15) is 5.76 Å².